The normalized spacial score (nSPS) is 11.1. The number of aryl methyl sites for hydroxylation is 1. The fourth-order valence-electron chi connectivity index (χ4n) is 2.79. The Kier molecular flexibility index (Phi) is 6.87. The lowest BCUT2D eigenvalue weighted by Crippen LogP contribution is -2.23. The van der Waals surface area contributed by atoms with Gasteiger partial charge in [0.1, 0.15) is 5.75 Å². The van der Waals surface area contributed by atoms with Gasteiger partial charge in [-0.25, -0.2) is 13.1 Å². The largest absolute Gasteiger partial charge is 0.484 e. The van der Waals surface area contributed by atoms with Crippen LogP contribution < -0.4 is 14.8 Å². The van der Waals surface area contributed by atoms with Crippen LogP contribution in [-0.4, -0.2) is 20.9 Å². The van der Waals surface area contributed by atoms with Gasteiger partial charge in [-0.3, -0.25) is 4.79 Å². The molecule has 0 aromatic heterocycles. The predicted molar refractivity (Wildman–Crippen MR) is 117 cm³/mol. The topological polar surface area (TPSA) is 84.5 Å². The lowest BCUT2D eigenvalue weighted by Gasteiger charge is -2.11. The Balaban J connectivity index is 1.55. The molecule has 0 bridgehead atoms. The van der Waals surface area contributed by atoms with Crippen molar-refractivity contribution < 1.29 is 17.9 Å². The fraction of sp³-hybridized carbons (Fsp3) is 0.174. The zero-order chi connectivity index (χ0) is 21.6. The minimum absolute atomic E-state index is 0.130. The minimum Gasteiger partial charge on any atom is -0.484 e. The summed E-state index contributed by atoms with van der Waals surface area (Å²) in [4.78, 5) is 12.3. The Morgan fingerprint density at radius 2 is 1.60 bits per heavy atom. The summed E-state index contributed by atoms with van der Waals surface area (Å²) in [5.74, 6) is 0.123. The summed E-state index contributed by atoms with van der Waals surface area (Å²) in [6, 6.07) is 20.9. The Morgan fingerprint density at radius 1 is 0.900 bits per heavy atom. The summed E-state index contributed by atoms with van der Waals surface area (Å²) in [6.45, 7) is 3.95. The van der Waals surface area contributed by atoms with Crippen molar-refractivity contribution in [3.63, 3.8) is 0 Å². The highest BCUT2D eigenvalue weighted by Crippen LogP contribution is 2.19. The number of anilines is 1. The first kappa shape index (κ1) is 21.5. The van der Waals surface area contributed by atoms with Gasteiger partial charge in [-0.05, 0) is 60.9 Å². The number of hydrogen-bond donors (Lipinski definition) is 2. The fourth-order valence-corrected chi connectivity index (χ4v) is 3.81. The third-order valence-electron chi connectivity index (χ3n) is 4.69. The van der Waals surface area contributed by atoms with Crippen molar-refractivity contribution >= 4 is 21.6 Å². The molecule has 30 heavy (non-hydrogen) atoms. The molecule has 1 amide bonds. The van der Waals surface area contributed by atoms with Gasteiger partial charge in [-0.2, -0.15) is 0 Å². The number of amides is 1. The summed E-state index contributed by atoms with van der Waals surface area (Å²) in [6.07, 6.45) is 0. The zero-order valence-corrected chi connectivity index (χ0v) is 17.7. The van der Waals surface area contributed by atoms with Gasteiger partial charge >= 0.3 is 0 Å². The highest BCUT2D eigenvalue weighted by Gasteiger charge is 2.14. The zero-order valence-electron chi connectivity index (χ0n) is 16.9. The molecule has 3 rings (SSSR count). The van der Waals surface area contributed by atoms with E-state index in [1.807, 2.05) is 62.4 Å². The van der Waals surface area contributed by atoms with Crippen LogP contribution in [0.15, 0.2) is 77.7 Å². The molecule has 0 spiro atoms. The maximum absolute atomic E-state index is 12.4. The highest BCUT2D eigenvalue weighted by atomic mass is 32.2. The Labute approximate surface area is 177 Å². The van der Waals surface area contributed by atoms with E-state index >= 15 is 0 Å². The van der Waals surface area contributed by atoms with Crippen LogP contribution >= 0.6 is 0 Å². The van der Waals surface area contributed by atoms with Crippen molar-refractivity contribution in [3.8, 4) is 5.75 Å². The first-order valence-electron chi connectivity index (χ1n) is 9.48. The summed E-state index contributed by atoms with van der Waals surface area (Å²) < 4.78 is 32.9. The number of hydrogen-bond acceptors (Lipinski definition) is 4. The molecule has 2 N–H and O–H groups in total. The number of ether oxygens (including phenoxy) is 1. The molecule has 0 radical (unpaired) electrons. The molecule has 3 aromatic rings. The smallest absolute Gasteiger partial charge is 0.262 e. The van der Waals surface area contributed by atoms with Gasteiger partial charge < -0.3 is 10.1 Å². The average Bonchev–Trinajstić information content (AvgIpc) is 2.75. The van der Waals surface area contributed by atoms with Crippen LogP contribution in [0.3, 0.4) is 0 Å². The first-order chi connectivity index (χ1) is 14.3. The molecule has 7 heteroatoms. The second kappa shape index (κ2) is 9.56. The van der Waals surface area contributed by atoms with E-state index in [9.17, 15) is 13.2 Å². The maximum atomic E-state index is 12.4. The first-order valence-corrected chi connectivity index (χ1v) is 11.0. The summed E-state index contributed by atoms with van der Waals surface area (Å²) in [5.41, 5.74) is 3.71. The van der Waals surface area contributed by atoms with Crippen molar-refractivity contribution in [3.05, 3.63) is 89.5 Å². The molecule has 0 aliphatic rings. The molecule has 0 aliphatic carbocycles. The third kappa shape index (κ3) is 5.68. The molecule has 6 nitrogen and oxygen atoms in total. The van der Waals surface area contributed by atoms with Gasteiger partial charge in [0, 0.05) is 12.2 Å². The van der Waals surface area contributed by atoms with E-state index in [4.69, 9.17) is 4.74 Å². The molecule has 0 heterocycles. The molecule has 0 atom stereocenters. The standard InChI is InChI=1S/C23H24N2O4S/c1-17-7-6-10-22(18(17)2)25-23(26)16-29-20-11-13-21(14-12-20)30(27,28)24-15-19-8-4-3-5-9-19/h3-14,24H,15-16H2,1-2H3,(H,25,26). The second-order valence-electron chi connectivity index (χ2n) is 6.87. The molecule has 0 saturated heterocycles. The van der Waals surface area contributed by atoms with Crippen LogP contribution in [0.25, 0.3) is 0 Å². The van der Waals surface area contributed by atoms with Crippen molar-refractivity contribution in [2.45, 2.75) is 25.3 Å². The van der Waals surface area contributed by atoms with Crippen LogP contribution in [0.1, 0.15) is 16.7 Å². The number of carbonyl (C=O) groups is 1. The van der Waals surface area contributed by atoms with Crippen LogP contribution in [0.5, 0.6) is 5.75 Å². The summed E-state index contributed by atoms with van der Waals surface area (Å²) in [5, 5.41) is 2.82. The number of carbonyl (C=O) groups excluding carboxylic acids is 1. The highest BCUT2D eigenvalue weighted by molar-refractivity contribution is 7.89. The molecular weight excluding hydrogens is 400 g/mol. The van der Waals surface area contributed by atoms with Crippen LogP contribution in [0.2, 0.25) is 0 Å². The van der Waals surface area contributed by atoms with E-state index in [0.29, 0.717) is 5.75 Å². The van der Waals surface area contributed by atoms with Crippen LogP contribution in [-0.2, 0) is 21.4 Å². The average molecular weight is 425 g/mol. The van der Waals surface area contributed by atoms with E-state index in [1.165, 1.54) is 24.3 Å². The quantitative estimate of drug-likeness (QED) is 0.576. The van der Waals surface area contributed by atoms with E-state index < -0.39 is 10.0 Å². The number of benzene rings is 3. The van der Waals surface area contributed by atoms with Crippen LogP contribution in [0.4, 0.5) is 5.69 Å². The number of rotatable bonds is 8. The Bertz CT molecular complexity index is 1110. The van der Waals surface area contributed by atoms with Gasteiger partial charge in [0.25, 0.3) is 5.91 Å². The van der Waals surface area contributed by atoms with Gasteiger partial charge in [0.2, 0.25) is 10.0 Å². The van der Waals surface area contributed by atoms with Crippen molar-refractivity contribution in [2.75, 3.05) is 11.9 Å². The summed E-state index contributed by atoms with van der Waals surface area (Å²) >= 11 is 0. The molecule has 0 saturated carbocycles. The SMILES string of the molecule is Cc1cccc(NC(=O)COc2ccc(S(=O)(=O)NCc3ccccc3)cc2)c1C. The van der Waals surface area contributed by atoms with E-state index in [1.54, 1.807) is 0 Å². The molecule has 0 aliphatic heterocycles. The second-order valence-corrected chi connectivity index (χ2v) is 8.63. The van der Waals surface area contributed by atoms with Gasteiger partial charge in [-0.1, -0.05) is 42.5 Å². The lowest BCUT2D eigenvalue weighted by atomic mass is 10.1. The predicted octanol–water partition coefficient (Wildman–Crippen LogP) is 3.80. The lowest BCUT2D eigenvalue weighted by molar-refractivity contribution is -0.118. The Hall–Kier alpha value is -3.16. The number of sulfonamides is 1. The summed E-state index contributed by atoms with van der Waals surface area (Å²) in [7, 11) is -3.64. The molecule has 156 valence electrons. The van der Waals surface area contributed by atoms with Gasteiger partial charge in [-0.15, -0.1) is 0 Å². The molecule has 0 unspecified atom stereocenters. The molecular formula is C23H24N2O4S. The Morgan fingerprint density at radius 3 is 2.30 bits per heavy atom. The van der Waals surface area contributed by atoms with E-state index in [-0.39, 0.29) is 24.0 Å². The van der Waals surface area contributed by atoms with Crippen molar-refractivity contribution in [1.29, 1.82) is 0 Å². The molecule has 3 aromatic carbocycles. The van der Waals surface area contributed by atoms with Crippen molar-refractivity contribution in [2.24, 2.45) is 0 Å². The van der Waals surface area contributed by atoms with E-state index in [2.05, 4.69) is 10.0 Å². The van der Waals surface area contributed by atoms with Crippen LogP contribution in [0, 0.1) is 13.8 Å². The van der Waals surface area contributed by atoms with E-state index in [0.717, 1.165) is 22.4 Å². The van der Waals surface area contributed by atoms with Gasteiger partial charge in [0.15, 0.2) is 6.61 Å². The maximum Gasteiger partial charge on any atom is 0.262 e. The monoisotopic (exact) mass is 424 g/mol. The molecule has 0 fully saturated rings. The number of nitrogens with one attached hydrogen (secondary N) is 2. The van der Waals surface area contributed by atoms with Gasteiger partial charge in [0.05, 0.1) is 4.90 Å². The third-order valence-corrected chi connectivity index (χ3v) is 6.11. The minimum atomic E-state index is -3.64. The van der Waals surface area contributed by atoms with Crippen molar-refractivity contribution in [1.82, 2.24) is 4.72 Å².